The second kappa shape index (κ2) is 15.3. The van der Waals surface area contributed by atoms with Crippen LogP contribution in [0.25, 0.3) is 10.4 Å². The SMILES string of the molecule is COc1cc(CC(=O)C[C@@H]2[C@H]3Oc4ccc(Oc5ccnc6c5CCC(=O)N6)cc4[C@@H]23)ccn1.[N-]=[N+]=NC(=O)[C@@H]1[C@H]2Oc3ccc(Oc4ccnc5c4CCC(=O)N5)cc3[C@H]21. The van der Waals surface area contributed by atoms with Crippen molar-refractivity contribution >= 4 is 35.1 Å². The number of azide groups is 1. The zero-order valence-electron chi connectivity index (χ0n) is 32.6. The minimum Gasteiger partial charge on any atom is -0.489 e. The number of amides is 3. The number of pyridine rings is 3. The third-order valence-corrected chi connectivity index (χ3v) is 11.8. The van der Waals surface area contributed by atoms with Crippen LogP contribution in [0.2, 0.25) is 0 Å². The molecule has 2 aromatic carbocycles. The van der Waals surface area contributed by atoms with Gasteiger partial charge in [0.1, 0.15) is 64.1 Å². The van der Waals surface area contributed by atoms with E-state index in [0.717, 1.165) is 33.6 Å². The van der Waals surface area contributed by atoms with Crippen LogP contribution < -0.4 is 34.3 Å². The Hall–Kier alpha value is -7.52. The molecule has 5 aromatic rings. The number of Topliss-reactive ketones (excluding diaryl/α,β-unsaturated/α-hetero) is 1. The quantitative estimate of drug-likeness (QED) is 0.0833. The number of nitrogens with one attached hydrogen (secondary N) is 2. The summed E-state index contributed by atoms with van der Waals surface area (Å²) in [5, 5.41) is 8.72. The van der Waals surface area contributed by atoms with Gasteiger partial charge in [-0.1, -0.05) is 0 Å². The molecule has 7 heterocycles. The van der Waals surface area contributed by atoms with Crippen LogP contribution in [-0.4, -0.2) is 57.8 Å². The first-order valence-electron chi connectivity index (χ1n) is 19.9. The number of carbonyl (C=O) groups excluding carboxylic acids is 4. The molecule has 0 saturated heterocycles. The molecule has 6 aliphatic rings. The van der Waals surface area contributed by atoms with E-state index in [-0.39, 0.29) is 47.6 Å². The lowest BCUT2D eigenvalue weighted by molar-refractivity contribution is -0.120. The van der Waals surface area contributed by atoms with Gasteiger partial charge in [0, 0.05) is 95.3 Å². The maximum atomic E-state index is 12.7. The molecular formula is C44H36N8O9. The fourth-order valence-corrected chi connectivity index (χ4v) is 8.76. The molecule has 2 aliphatic carbocycles. The van der Waals surface area contributed by atoms with Gasteiger partial charge < -0.3 is 34.3 Å². The van der Waals surface area contributed by atoms with Gasteiger partial charge in [-0.05, 0) is 83.6 Å². The average Bonchev–Trinajstić information content (AvgIpc) is 4.04. The van der Waals surface area contributed by atoms with Gasteiger partial charge in [0.25, 0.3) is 0 Å². The van der Waals surface area contributed by atoms with E-state index in [1.807, 2.05) is 36.4 Å². The van der Waals surface area contributed by atoms with Crippen molar-refractivity contribution in [3.63, 3.8) is 0 Å². The topological polar surface area (TPSA) is 226 Å². The van der Waals surface area contributed by atoms with Crippen molar-refractivity contribution < 1.29 is 42.9 Å². The third kappa shape index (κ3) is 7.29. The van der Waals surface area contributed by atoms with Crippen LogP contribution in [0.1, 0.15) is 58.9 Å². The number of carbonyl (C=O) groups is 4. The van der Waals surface area contributed by atoms with Crippen LogP contribution in [0, 0.1) is 11.8 Å². The van der Waals surface area contributed by atoms with Crippen LogP contribution in [0.4, 0.5) is 11.6 Å². The number of nitrogens with zero attached hydrogens (tertiary/aromatic N) is 6. The Morgan fingerprint density at radius 3 is 1.97 bits per heavy atom. The second-order valence-corrected chi connectivity index (χ2v) is 15.5. The molecule has 3 aromatic heterocycles. The Kier molecular flexibility index (Phi) is 9.44. The van der Waals surface area contributed by atoms with E-state index < -0.39 is 11.8 Å². The first kappa shape index (κ1) is 37.7. The fraction of sp³-hybridized carbons (Fsp3) is 0.295. The number of anilines is 2. The Labute approximate surface area is 347 Å². The molecule has 0 radical (unpaired) electrons. The molecule has 0 unspecified atom stereocenters. The van der Waals surface area contributed by atoms with E-state index in [4.69, 9.17) is 29.2 Å². The minimum atomic E-state index is -0.497. The summed E-state index contributed by atoms with van der Waals surface area (Å²) in [6, 6.07) is 18.5. The summed E-state index contributed by atoms with van der Waals surface area (Å²) < 4.78 is 29.2. The zero-order chi connectivity index (χ0) is 41.8. The van der Waals surface area contributed by atoms with Gasteiger partial charge in [0.05, 0.1) is 13.0 Å². The van der Waals surface area contributed by atoms with Gasteiger partial charge in [-0.15, -0.1) is 0 Å². The van der Waals surface area contributed by atoms with Crippen molar-refractivity contribution in [3.8, 4) is 40.4 Å². The maximum absolute atomic E-state index is 12.7. The monoisotopic (exact) mass is 820 g/mol. The summed E-state index contributed by atoms with van der Waals surface area (Å²) in [6.07, 6.45) is 7.44. The largest absolute Gasteiger partial charge is 0.489 e. The van der Waals surface area contributed by atoms with E-state index in [2.05, 4.69) is 35.6 Å². The summed E-state index contributed by atoms with van der Waals surface area (Å²) in [6.45, 7) is 0. The van der Waals surface area contributed by atoms with Crippen LogP contribution in [0.5, 0.6) is 40.4 Å². The van der Waals surface area contributed by atoms with E-state index in [9.17, 15) is 19.2 Å². The molecule has 17 heteroatoms. The lowest BCUT2D eigenvalue weighted by Crippen LogP contribution is -2.20. The molecular weight excluding hydrogens is 785 g/mol. The Bertz CT molecular complexity index is 2720. The van der Waals surface area contributed by atoms with Crippen LogP contribution in [-0.2, 0) is 38.4 Å². The van der Waals surface area contributed by atoms with E-state index in [1.54, 1.807) is 50.0 Å². The lowest BCUT2D eigenvalue weighted by atomic mass is 10.0. The Balaban J connectivity index is 0.000000150. The zero-order valence-corrected chi connectivity index (χ0v) is 32.6. The minimum absolute atomic E-state index is 0.0322. The third-order valence-electron chi connectivity index (χ3n) is 11.8. The summed E-state index contributed by atoms with van der Waals surface area (Å²) in [4.78, 5) is 62.8. The standard InChI is InChI=1S/C26H23N3O5.C18H13N5O4/c1-32-23-11-14(6-8-27-23)10-15(30)12-19-24-18-13-16(2-4-20(18)34-25(19)24)33-21-7-9-28-26-17(21)3-5-22(31)29-26;19-23-22-18(25)15-14-10-7-8(1-3-11(10)27-16(14)15)26-12-5-6-20-17-9(12)2-4-13(24)21-17/h2,4,6-9,11,13,19,24-25H,3,5,10,12H2,1H3,(H,28,29,31);1,3,5-7,14-16H,2,4H2,(H,20,21,24)/t19-,24-,25+;14-,15-,16-/m00/s1. The molecule has 0 spiro atoms. The number of hydrogen-bond donors (Lipinski definition) is 2. The number of benzene rings is 2. The first-order valence-corrected chi connectivity index (χ1v) is 19.9. The van der Waals surface area contributed by atoms with Crippen molar-refractivity contribution in [2.45, 2.75) is 62.6 Å². The molecule has 6 atom stereocenters. The maximum Gasteiger partial charge on any atom is 0.226 e. The van der Waals surface area contributed by atoms with E-state index in [0.29, 0.717) is 84.8 Å². The van der Waals surface area contributed by atoms with Crippen molar-refractivity contribution in [1.29, 1.82) is 0 Å². The lowest BCUT2D eigenvalue weighted by Gasteiger charge is -2.19. The molecule has 3 amide bonds. The molecule has 61 heavy (non-hydrogen) atoms. The van der Waals surface area contributed by atoms with Crippen molar-refractivity contribution in [2.24, 2.45) is 17.0 Å². The predicted octanol–water partition coefficient (Wildman–Crippen LogP) is 6.91. The van der Waals surface area contributed by atoms with E-state index >= 15 is 0 Å². The highest BCUT2D eigenvalue weighted by Gasteiger charge is 2.62. The van der Waals surface area contributed by atoms with Gasteiger partial charge in [-0.3, -0.25) is 19.2 Å². The van der Waals surface area contributed by atoms with E-state index in [1.165, 1.54) is 0 Å². The van der Waals surface area contributed by atoms with Crippen LogP contribution in [0.15, 0.2) is 84.4 Å². The summed E-state index contributed by atoms with van der Waals surface area (Å²) in [7, 11) is 1.56. The number of rotatable bonds is 10. The Morgan fingerprint density at radius 2 is 1.36 bits per heavy atom. The second-order valence-electron chi connectivity index (χ2n) is 15.5. The van der Waals surface area contributed by atoms with Gasteiger partial charge in [0.15, 0.2) is 0 Å². The molecule has 17 nitrogen and oxygen atoms in total. The highest BCUT2D eigenvalue weighted by Crippen LogP contribution is 2.61. The predicted molar refractivity (Wildman–Crippen MR) is 215 cm³/mol. The smallest absolute Gasteiger partial charge is 0.226 e. The molecule has 0 bridgehead atoms. The van der Waals surface area contributed by atoms with Crippen molar-refractivity contribution in [3.05, 3.63) is 118 Å². The van der Waals surface area contributed by atoms with Crippen molar-refractivity contribution in [1.82, 2.24) is 15.0 Å². The van der Waals surface area contributed by atoms with Crippen LogP contribution in [0.3, 0.4) is 0 Å². The highest BCUT2D eigenvalue weighted by molar-refractivity contribution is 5.94. The van der Waals surface area contributed by atoms with Gasteiger partial charge in [0.2, 0.25) is 23.6 Å². The molecule has 2 fully saturated rings. The van der Waals surface area contributed by atoms with Gasteiger partial charge >= 0.3 is 0 Å². The number of methoxy groups -OCH3 is 1. The molecule has 4 aliphatic heterocycles. The van der Waals surface area contributed by atoms with Gasteiger partial charge in [-0.2, -0.15) is 0 Å². The average molecular weight is 821 g/mol. The number of ketones is 1. The number of ether oxygens (including phenoxy) is 5. The summed E-state index contributed by atoms with van der Waals surface area (Å²) in [5.74, 6) is 5.25. The number of aromatic nitrogens is 3. The molecule has 11 rings (SSSR count). The van der Waals surface area contributed by atoms with Gasteiger partial charge in [-0.25, -0.2) is 15.0 Å². The summed E-state index contributed by atoms with van der Waals surface area (Å²) >= 11 is 0. The number of fused-ring (bicyclic) bond motifs is 8. The summed E-state index contributed by atoms with van der Waals surface area (Å²) in [5.41, 5.74) is 13.1. The number of hydrogen-bond acceptors (Lipinski definition) is 12. The first-order chi connectivity index (χ1) is 29.7. The highest BCUT2D eigenvalue weighted by atomic mass is 16.5. The molecule has 2 saturated carbocycles. The van der Waals surface area contributed by atoms with Crippen LogP contribution >= 0.6 is 0 Å². The van der Waals surface area contributed by atoms with Crippen molar-refractivity contribution in [2.75, 3.05) is 17.7 Å². The Morgan fingerprint density at radius 1 is 0.770 bits per heavy atom. The molecule has 306 valence electrons. The normalized spacial score (nSPS) is 22.4. The fourth-order valence-electron chi connectivity index (χ4n) is 8.76. The molecule has 2 N–H and O–H groups in total.